The summed E-state index contributed by atoms with van der Waals surface area (Å²) in [6.07, 6.45) is 6.91. The summed E-state index contributed by atoms with van der Waals surface area (Å²) in [5.74, 6) is 0. The molecule has 0 bridgehead atoms. The minimum atomic E-state index is 0.307. The van der Waals surface area contributed by atoms with Gasteiger partial charge in [-0.25, -0.2) is 0 Å². The predicted molar refractivity (Wildman–Crippen MR) is 58.5 cm³/mol. The molecule has 84 valence electrons. The van der Waals surface area contributed by atoms with Crippen LogP contribution in [0.25, 0.3) is 0 Å². The molecule has 1 aromatic heterocycles. The smallest absolute Gasteiger partial charge is 0.0950 e. The van der Waals surface area contributed by atoms with Crippen molar-refractivity contribution in [1.82, 2.24) is 5.32 Å². The van der Waals surface area contributed by atoms with Gasteiger partial charge in [0.05, 0.1) is 12.5 Å². The average molecular weight is 209 g/mol. The van der Waals surface area contributed by atoms with Crippen molar-refractivity contribution in [3.05, 3.63) is 24.2 Å². The molecule has 0 amide bonds. The normalized spacial score (nSPS) is 20.1. The maximum absolute atomic E-state index is 8.95. The highest BCUT2D eigenvalue weighted by atomic mass is 16.3. The number of furan rings is 1. The zero-order valence-corrected chi connectivity index (χ0v) is 9.20. The maximum atomic E-state index is 8.95. The molecule has 2 N–H and O–H groups in total. The highest BCUT2D eigenvalue weighted by molar-refractivity contribution is 5.10. The Bertz CT molecular complexity index is 291. The Kier molecular flexibility index (Phi) is 3.12. The van der Waals surface area contributed by atoms with Gasteiger partial charge < -0.3 is 14.8 Å². The van der Waals surface area contributed by atoms with E-state index >= 15 is 0 Å². The van der Waals surface area contributed by atoms with Crippen LogP contribution in [0.3, 0.4) is 0 Å². The maximum Gasteiger partial charge on any atom is 0.0950 e. The first-order valence-electron chi connectivity index (χ1n) is 5.62. The monoisotopic (exact) mass is 209 g/mol. The molecule has 2 rings (SSSR count). The van der Waals surface area contributed by atoms with E-state index < -0.39 is 0 Å². The molecule has 0 saturated heterocycles. The van der Waals surface area contributed by atoms with Crippen molar-refractivity contribution in [3.63, 3.8) is 0 Å². The second kappa shape index (κ2) is 4.37. The molecule has 1 aliphatic carbocycles. The van der Waals surface area contributed by atoms with E-state index in [0.717, 1.165) is 13.0 Å². The molecule has 1 aromatic rings. The Hall–Kier alpha value is -0.800. The summed E-state index contributed by atoms with van der Waals surface area (Å²) in [5.41, 5.74) is 1.57. The molecule has 1 heterocycles. The van der Waals surface area contributed by atoms with Crippen LogP contribution in [-0.2, 0) is 0 Å². The van der Waals surface area contributed by atoms with Gasteiger partial charge in [-0.2, -0.15) is 0 Å². The summed E-state index contributed by atoms with van der Waals surface area (Å²) in [4.78, 5) is 0. The lowest BCUT2D eigenvalue weighted by atomic mass is 10.0. The van der Waals surface area contributed by atoms with Crippen LogP contribution in [0.2, 0.25) is 0 Å². The number of nitrogens with one attached hydrogen (secondary N) is 1. The van der Waals surface area contributed by atoms with Crippen molar-refractivity contribution in [2.45, 2.75) is 32.2 Å². The lowest BCUT2D eigenvalue weighted by molar-refractivity contribution is 0.243. The van der Waals surface area contributed by atoms with E-state index in [0.29, 0.717) is 18.1 Å². The molecule has 1 saturated carbocycles. The van der Waals surface area contributed by atoms with Gasteiger partial charge in [-0.05, 0) is 37.7 Å². The third kappa shape index (κ3) is 2.61. The first-order valence-corrected chi connectivity index (χ1v) is 5.62. The molecule has 15 heavy (non-hydrogen) atoms. The van der Waals surface area contributed by atoms with Crippen LogP contribution in [0.4, 0.5) is 0 Å². The van der Waals surface area contributed by atoms with Crippen LogP contribution < -0.4 is 5.32 Å². The third-order valence-electron chi connectivity index (χ3n) is 3.43. The molecule has 1 unspecified atom stereocenters. The van der Waals surface area contributed by atoms with Crippen molar-refractivity contribution in [1.29, 1.82) is 0 Å². The Morgan fingerprint density at radius 1 is 1.60 bits per heavy atom. The standard InChI is InChI=1S/C12H19NO2/c1-10(11-2-7-15-8-11)13-9-12(3-4-12)5-6-14/h2,7-8,10,13-14H,3-6,9H2,1H3. The number of aliphatic hydroxyl groups excluding tert-OH is 1. The van der Waals surface area contributed by atoms with E-state index in [4.69, 9.17) is 9.52 Å². The molecule has 0 aliphatic heterocycles. The summed E-state index contributed by atoms with van der Waals surface area (Å²) in [6.45, 7) is 3.45. The minimum Gasteiger partial charge on any atom is -0.472 e. The fraction of sp³-hybridized carbons (Fsp3) is 0.667. The lowest BCUT2D eigenvalue weighted by Crippen LogP contribution is -2.27. The Labute approximate surface area is 90.5 Å². The molecule has 0 spiro atoms. The summed E-state index contributed by atoms with van der Waals surface area (Å²) in [5, 5.41) is 12.4. The average Bonchev–Trinajstić information content (AvgIpc) is 2.81. The number of aliphatic hydroxyl groups is 1. The Morgan fingerprint density at radius 2 is 2.40 bits per heavy atom. The van der Waals surface area contributed by atoms with Gasteiger partial charge in [-0.15, -0.1) is 0 Å². The van der Waals surface area contributed by atoms with Gasteiger partial charge in [0.2, 0.25) is 0 Å². The van der Waals surface area contributed by atoms with Gasteiger partial charge in [0, 0.05) is 24.8 Å². The molecule has 3 heteroatoms. The number of hydrogen-bond acceptors (Lipinski definition) is 3. The van der Waals surface area contributed by atoms with Crippen molar-refractivity contribution in [3.8, 4) is 0 Å². The van der Waals surface area contributed by atoms with Gasteiger partial charge in [-0.3, -0.25) is 0 Å². The molecule has 1 atom stereocenters. The van der Waals surface area contributed by atoms with Crippen LogP contribution in [0, 0.1) is 5.41 Å². The van der Waals surface area contributed by atoms with Crippen molar-refractivity contribution in [2.75, 3.05) is 13.2 Å². The summed E-state index contributed by atoms with van der Waals surface area (Å²) in [7, 11) is 0. The number of rotatable bonds is 6. The van der Waals surface area contributed by atoms with Crippen LogP contribution in [0.1, 0.15) is 37.8 Å². The van der Waals surface area contributed by atoms with E-state index in [9.17, 15) is 0 Å². The quantitative estimate of drug-likeness (QED) is 0.754. The molecule has 1 fully saturated rings. The SMILES string of the molecule is CC(NCC1(CCO)CC1)c1ccoc1. The summed E-state index contributed by atoms with van der Waals surface area (Å²) >= 11 is 0. The fourth-order valence-corrected chi connectivity index (χ4v) is 1.94. The van der Waals surface area contributed by atoms with Crippen molar-refractivity contribution in [2.24, 2.45) is 5.41 Å². The van der Waals surface area contributed by atoms with Gasteiger partial charge in [0.15, 0.2) is 0 Å². The van der Waals surface area contributed by atoms with E-state index in [1.807, 2.05) is 6.07 Å². The second-order valence-electron chi connectivity index (χ2n) is 4.63. The highest BCUT2D eigenvalue weighted by Crippen LogP contribution is 2.48. The topological polar surface area (TPSA) is 45.4 Å². The first-order chi connectivity index (χ1) is 7.26. The second-order valence-corrected chi connectivity index (χ2v) is 4.63. The van der Waals surface area contributed by atoms with Gasteiger partial charge in [0.1, 0.15) is 0 Å². The van der Waals surface area contributed by atoms with Crippen LogP contribution >= 0.6 is 0 Å². The van der Waals surface area contributed by atoms with E-state index in [-0.39, 0.29) is 0 Å². The molecular formula is C12H19NO2. The molecule has 0 aromatic carbocycles. The van der Waals surface area contributed by atoms with Gasteiger partial charge in [-0.1, -0.05) is 0 Å². The van der Waals surface area contributed by atoms with Crippen molar-refractivity contribution < 1.29 is 9.52 Å². The molecule has 1 aliphatic rings. The van der Waals surface area contributed by atoms with E-state index in [2.05, 4.69) is 12.2 Å². The zero-order valence-electron chi connectivity index (χ0n) is 9.20. The highest BCUT2D eigenvalue weighted by Gasteiger charge is 2.41. The van der Waals surface area contributed by atoms with Gasteiger partial charge in [0.25, 0.3) is 0 Å². The van der Waals surface area contributed by atoms with E-state index in [1.165, 1.54) is 18.4 Å². The summed E-state index contributed by atoms with van der Waals surface area (Å²) < 4.78 is 5.05. The lowest BCUT2D eigenvalue weighted by Gasteiger charge is -2.18. The molecular weight excluding hydrogens is 190 g/mol. The minimum absolute atomic E-state index is 0.307. The fourth-order valence-electron chi connectivity index (χ4n) is 1.94. The van der Waals surface area contributed by atoms with E-state index in [1.54, 1.807) is 12.5 Å². The van der Waals surface area contributed by atoms with Crippen LogP contribution in [0.15, 0.2) is 23.0 Å². The van der Waals surface area contributed by atoms with Crippen LogP contribution in [-0.4, -0.2) is 18.3 Å². The molecule has 0 radical (unpaired) electrons. The Balaban J connectivity index is 1.78. The third-order valence-corrected chi connectivity index (χ3v) is 3.43. The number of hydrogen-bond donors (Lipinski definition) is 2. The molecule has 3 nitrogen and oxygen atoms in total. The largest absolute Gasteiger partial charge is 0.472 e. The summed E-state index contributed by atoms with van der Waals surface area (Å²) in [6, 6.07) is 2.32. The zero-order chi connectivity index (χ0) is 10.7. The first kappa shape index (κ1) is 10.7. The van der Waals surface area contributed by atoms with Crippen LogP contribution in [0.5, 0.6) is 0 Å². The Morgan fingerprint density at radius 3 is 2.93 bits per heavy atom. The van der Waals surface area contributed by atoms with Gasteiger partial charge >= 0.3 is 0 Å². The predicted octanol–water partition coefficient (Wildman–Crippen LogP) is 2.09. The van der Waals surface area contributed by atoms with Crippen molar-refractivity contribution >= 4 is 0 Å².